The molecular formula is C6H4F2N3. The van der Waals surface area contributed by atoms with Gasteiger partial charge in [-0.2, -0.15) is 10.4 Å². The fraction of sp³-hybridized carbons (Fsp3) is 0.333. The maximum absolute atomic E-state index is 12.0. The second-order valence-electron chi connectivity index (χ2n) is 1.91. The summed E-state index contributed by atoms with van der Waals surface area (Å²) in [5.74, 6) is 0. The van der Waals surface area contributed by atoms with Gasteiger partial charge in [0, 0.05) is 7.05 Å². The van der Waals surface area contributed by atoms with Crippen LogP contribution >= 0.6 is 0 Å². The van der Waals surface area contributed by atoms with Gasteiger partial charge in [0.1, 0.15) is 18.0 Å². The number of alkyl halides is 2. The third kappa shape index (κ3) is 1.19. The topological polar surface area (TPSA) is 41.6 Å². The Bertz CT molecular complexity index is 297. The monoisotopic (exact) mass is 156 g/mol. The van der Waals surface area contributed by atoms with Gasteiger partial charge < -0.3 is 0 Å². The van der Waals surface area contributed by atoms with Crippen molar-refractivity contribution in [2.45, 2.75) is 6.43 Å². The minimum absolute atomic E-state index is 0.139. The predicted octanol–water partition coefficient (Wildman–Crippen LogP) is 1.03. The molecule has 0 spiro atoms. The molecule has 1 heterocycles. The van der Waals surface area contributed by atoms with E-state index in [1.807, 2.05) is 0 Å². The molecule has 0 fully saturated rings. The minimum Gasteiger partial charge on any atom is -0.257 e. The number of nitrogens with zero attached hydrogens (tertiary/aromatic N) is 3. The van der Waals surface area contributed by atoms with E-state index in [0.717, 1.165) is 4.68 Å². The Morgan fingerprint density at radius 3 is 2.73 bits per heavy atom. The van der Waals surface area contributed by atoms with Gasteiger partial charge in [0.05, 0.1) is 5.56 Å². The van der Waals surface area contributed by atoms with E-state index in [4.69, 9.17) is 5.26 Å². The van der Waals surface area contributed by atoms with Gasteiger partial charge in [-0.3, -0.25) is 4.68 Å². The number of halogens is 2. The molecule has 1 rings (SSSR count). The van der Waals surface area contributed by atoms with E-state index in [0.29, 0.717) is 0 Å². The first-order valence-electron chi connectivity index (χ1n) is 2.79. The molecule has 3 nitrogen and oxygen atoms in total. The lowest BCUT2D eigenvalue weighted by Gasteiger charge is -1.93. The number of hydrogen-bond acceptors (Lipinski definition) is 2. The fourth-order valence-electron chi connectivity index (χ4n) is 0.691. The minimum atomic E-state index is -2.68. The van der Waals surface area contributed by atoms with Crippen LogP contribution < -0.4 is 0 Å². The molecule has 0 aliphatic rings. The molecule has 0 bridgehead atoms. The van der Waals surface area contributed by atoms with Crippen molar-refractivity contribution >= 4 is 0 Å². The van der Waals surface area contributed by atoms with Crippen molar-refractivity contribution < 1.29 is 8.78 Å². The number of aromatic nitrogens is 2. The van der Waals surface area contributed by atoms with E-state index in [9.17, 15) is 8.78 Å². The summed E-state index contributed by atoms with van der Waals surface area (Å²) in [5.41, 5.74) is -0.574. The van der Waals surface area contributed by atoms with Crippen molar-refractivity contribution in [1.82, 2.24) is 9.78 Å². The second-order valence-corrected chi connectivity index (χ2v) is 1.91. The molecule has 0 N–H and O–H groups in total. The first kappa shape index (κ1) is 7.66. The first-order chi connectivity index (χ1) is 5.16. The molecule has 0 aromatic carbocycles. The third-order valence-electron chi connectivity index (χ3n) is 1.22. The zero-order chi connectivity index (χ0) is 8.43. The summed E-state index contributed by atoms with van der Waals surface area (Å²) in [6, 6.07) is 1.61. The Hall–Kier alpha value is -1.44. The highest BCUT2D eigenvalue weighted by molar-refractivity contribution is 5.29. The first-order valence-corrected chi connectivity index (χ1v) is 2.79. The van der Waals surface area contributed by atoms with Crippen LogP contribution in [0.2, 0.25) is 0 Å². The Labute approximate surface area is 61.9 Å². The van der Waals surface area contributed by atoms with E-state index in [2.05, 4.69) is 11.3 Å². The Morgan fingerprint density at radius 2 is 2.36 bits per heavy atom. The van der Waals surface area contributed by atoms with Crippen molar-refractivity contribution in [2.24, 2.45) is 7.05 Å². The van der Waals surface area contributed by atoms with Gasteiger partial charge in [-0.05, 0) is 0 Å². The lowest BCUT2D eigenvalue weighted by atomic mass is 10.3. The molecule has 57 valence electrons. The number of nitriles is 1. The second kappa shape index (κ2) is 2.66. The summed E-state index contributed by atoms with van der Waals surface area (Å²) in [6.45, 7) is 0. The summed E-state index contributed by atoms with van der Waals surface area (Å²) in [4.78, 5) is 0. The molecule has 0 saturated heterocycles. The largest absolute Gasteiger partial charge is 0.268 e. The number of hydrogen-bond donors (Lipinski definition) is 0. The summed E-state index contributed by atoms with van der Waals surface area (Å²) >= 11 is 0. The van der Waals surface area contributed by atoms with Crippen LogP contribution in [0.5, 0.6) is 0 Å². The summed E-state index contributed by atoms with van der Waals surface area (Å²) in [5, 5.41) is 11.8. The predicted molar refractivity (Wildman–Crippen MR) is 31.7 cm³/mol. The molecule has 0 aliphatic carbocycles. The molecule has 0 aliphatic heterocycles. The number of aryl methyl sites for hydroxylation is 1. The van der Waals surface area contributed by atoms with Gasteiger partial charge in [0.15, 0.2) is 0 Å². The van der Waals surface area contributed by atoms with Crippen molar-refractivity contribution in [3.05, 3.63) is 17.5 Å². The van der Waals surface area contributed by atoms with Gasteiger partial charge in [-0.15, -0.1) is 0 Å². The van der Waals surface area contributed by atoms with Gasteiger partial charge >= 0.3 is 0 Å². The van der Waals surface area contributed by atoms with Crippen molar-refractivity contribution in [3.8, 4) is 6.07 Å². The van der Waals surface area contributed by atoms with E-state index in [1.165, 1.54) is 7.05 Å². The maximum Gasteiger partial charge on any atom is 0.268 e. The van der Waals surface area contributed by atoms with E-state index in [1.54, 1.807) is 6.07 Å². The fourth-order valence-corrected chi connectivity index (χ4v) is 0.691. The van der Waals surface area contributed by atoms with Crippen LogP contribution in [0.3, 0.4) is 0 Å². The molecule has 0 unspecified atom stereocenters. The van der Waals surface area contributed by atoms with Gasteiger partial charge in [-0.1, -0.05) is 0 Å². The number of rotatable bonds is 1. The van der Waals surface area contributed by atoms with Crippen molar-refractivity contribution in [2.75, 3.05) is 0 Å². The standard InChI is InChI=1S/C6H4F2N3/c1-11-5(2-9)4(3-10-11)6(7)8/h6H,1H3. The van der Waals surface area contributed by atoms with Crippen LogP contribution in [-0.2, 0) is 7.05 Å². The SMILES string of the molecule is Cn1n[c]c(C(F)F)c1C#N. The average Bonchev–Trinajstić information content (AvgIpc) is 2.30. The molecule has 1 aromatic heterocycles. The smallest absolute Gasteiger partial charge is 0.257 e. The molecule has 0 saturated carbocycles. The zero-order valence-electron chi connectivity index (χ0n) is 5.67. The highest BCUT2D eigenvalue weighted by Crippen LogP contribution is 2.20. The molecule has 11 heavy (non-hydrogen) atoms. The lowest BCUT2D eigenvalue weighted by Crippen LogP contribution is -1.95. The van der Waals surface area contributed by atoms with Gasteiger partial charge in [0.2, 0.25) is 0 Å². The summed E-state index contributed by atoms with van der Waals surface area (Å²) in [6.07, 6.45) is -0.617. The highest BCUT2D eigenvalue weighted by Gasteiger charge is 2.17. The van der Waals surface area contributed by atoms with E-state index in [-0.39, 0.29) is 5.69 Å². The van der Waals surface area contributed by atoms with Gasteiger partial charge in [0.25, 0.3) is 6.43 Å². The molecule has 1 radical (unpaired) electrons. The van der Waals surface area contributed by atoms with E-state index >= 15 is 0 Å². The maximum atomic E-state index is 12.0. The normalized spacial score (nSPS) is 10.1. The Kier molecular flexibility index (Phi) is 1.85. The Morgan fingerprint density at radius 1 is 1.73 bits per heavy atom. The van der Waals surface area contributed by atoms with Crippen LogP contribution in [-0.4, -0.2) is 9.78 Å². The third-order valence-corrected chi connectivity index (χ3v) is 1.22. The molecule has 0 atom stereocenters. The van der Waals surface area contributed by atoms with Crippen molar-refractivity contribution in [3.63, 3.8) is 0 Å². The van der Waals surface area contributed by atoms with Crippen LogP contribution in [0.15, 0.2) is 0 Å². The van der Waals surface area contributed by atoms with Crippen LogP contribution in [0, 0.1) is 17.5 Å². The molecule has 5 heteroatoms. The van der Waals surface area contributed by atoms with Crippen LogP contribution in [0.1, 0.15) is 17.7 Å². The quantitative estimate of drug-likeness (QED) is 0.609. The van der Waals surface area contributed by atoms with Gasteiger partial charge in [-0.25, -0.2) is 8.78 Å². The van der Waals surface area contributed by atoms with Crippen LogP contribution in [0.4, 0.5) is 8.78 Å². The van der Waals surface area contributed by atoms with E-state index < -0.39 is 12.0 Å². The highest BCUT2D eigenvalue weighted by atomic mass is 19.3. The average molecular weight is 156 g/mol. The summed E-state index contributed by atoms with van der Waals surface area (Å²) in [7, 11) is 1.42. The summed E-state index contributed by atoms with van der Waals surface area (Å²) < 4.78 is 25.1. The van der Waals surface area contributed by atoms with Crippen LogP contribution in [0.25, 0.3) is 0 Å². The van der Waals surface area contributed by atoms with Crippen molar-refractivity contribution in [1.29, 1.82) is 5.26 Å². The zero-order valence-corrected chi connectivity index (χ0v) is 5.67. The lowest BCUT2D eigenvalue weighted by molar-refractivity contribution is 0.150. The molecular weight excluding hydrogens is 152 g/mol. The Balaban J connectivity index is 3.19. The molecule has 0 amide bonds. The molecule has 1 aromatic rings.